The van der Waals surface area contributed by atoms with Gasteiger partial charge >= 0.3 is 17.8 Å². The van der Waals surface area contributed by atoms with E-state index in [0.29, 0.717) is 0 Å². The van der Waals surface area contributed by atoms with Gasteiger partial charge in [-0.15, -0.1) is 0 Å². The van der Waals surface area contributed by atoms with Gasteiger partial charge in [0.25, 0.3) is 0 Å². The van der Waals surface area contributed by atoms with Crippen LogP contribution in [0.2, 0.25) is 0 Å². The second kappa shape index (κ2) is 5.43. The SMILES string of the molecule is Cc1ccnc(N2C[C@@H](C(F)(F)F)[C@H](C(=O)O)C2)c1[N+](=O)[O-]. The molecule has 2 atom stereocenters. The zero-order chi connectivity index (χ0) is 16.7. The molecule has 1 fully saturated rings. The molecule has 1 aromatic rings. The van der Waals surface area contributed by atoms with Gasteiger partial charge < -0.3 is 10.0 Å². The van der Waals surface area contributed by atoms with Crippen LogP contribution in [0.4, 0.5) is 24.7 Å². The second-order valence-corrected chi connectivity index (χ2v) is 5.05. The van der Waals surface area contributed by atoms with Crippen LogP contribution in [0.5, 0.6) is 0 Å². The normalized spacial score (nSPS) is 21.9. The molecule has 1 aromatic heterocycles. The number of hydrogen-bond donors (Lipinski definition) is 1. The van der Waals surface area contributed by atoms with Crippen molar-refractivity contribution in [2.24, 2.45) is 11.8 Å². The third-order valence-corrected chi connectivity index (χ3v) is 3.65. The Bertz CT molecular complexity index is 620. The maximum Gasteiger partial charge on any atom is 0.394 e. The molecule has 0 bridgehead atoms. The number of carboxylic acid groups (broad SMARTS) is 1. The van der Waals surface area contributed by atoms with Gasteiger partial charge in [-0.1, -0.05) is 0 Å². The molecule has 0 amide bonds. The van der Waals surface area contributed by atoms with E-state index in [2.05, 4.69) is 4.98 Å². The van der Waals surface area contributed by atoms with Crippen molar-refractivity contribution in [3.8, 4) is 0 Å². The summed E-state index contributed by atoms with van der Waals surface area (Å²) in [5.74, 6) is -5.59. The first-order chi connectivity index (χ1) is 10.1. The van der Waals surface area contributed by atoms with Crippen molar-refractivity contribution in [1.82, 2.24) is 4.98 Å². The average molecular weight is 319 g/mol. The molecule has 0 aliphatic carbocycles. The highest BCUT2D eigenvalue weighted by Crippen LogP contribution is 2.41. The number of anilines is 1. The van der Waals surface area contributed by atoms with Gasteiger partial charge in [0.15, 0.2) is 0 Å². The molecule has 0 saturated carbocycles. The van der Waals surface area contributed by atoms with Crippen LogP contribution >= 0.6 is 0 Å². The third-order valence-electron chi connectivity index (χ3n) is 3.65. The molecule has 2 rings (SSSR count). The molecule has 2 heterocycles. The number of nitro groups is 1. The van der Waals surface area contributed by atoms with E-state index in [1.54, 1.807) is 0 Å². The number of halogens is 3. The van der Waals surface area contributed by atoms with Gasteiger partial charge in [0.1, 0.15) is 0 Å². The second-order valence-electron chi connectivity index (χ2n) is 5.05. The van der Waals surface area contributed by atoms with Gasteiger partial charge in [-0.2, -0.15) is 13.2 Å². The lowest BCUT2D eigenvalue weighted by molar-refractivity contribution is -0.384. The Morgan fingerprint density at radius 1 is 1.50 bits per heavy atom. The van der Waals surface area contributed by atoms with Crippen LogP contribution in [0, 0.1) is 28.9 Å². The first-order valence-corrected chi connectivity index (χ1v) is 6.27. The predicted octanol–water partition coefficient (Wildman–Crippen LogP) is 2.00. The smallest absolute Gasteiger partial charge is 0.394 e. The molecule has 1 aliphatic heterocycles. The molecule has 22 heavy (non-hydrogen) atoms. The highest BCUT2D eigenvalue weighted by Gasteiger charge is 2.53. The summed E-state index contributed by atoms with van der Waals surface area (Å²) < 4.78 is 38.9. The molecular weight excluding hydrogens is 307 g/mol. The van der Waals surface area contributed by atoms with Crippen LogP contribution in [-0.4, -0.2) is 40.2 Å². The van der Waals surface area contributed by atoms with Crippen molar-refractivity contribution >= 4 is 17.5 Å². The molecule has 1 aliphatic rings. The number of rotatable bonds is 3. The summed E-state index contributed by atoms with van der Waals surface area (Å²) >= 11 is 0. The number of aryl methyl sites for hydroxylation is 1. The first-order valence-electron chi connectivity index (χ1n) is 6.27. The van der Waals surface area contributed by atoms with Gasteiger partial charge in [-0.05, 0) is 13.0 Å². The van der Waals surface area contributed by atoms with Gasteiger partial charge in [-0.25, -0.2) is 4.98 Å². The first kappa shape index (κ1) is 16.0. The Hall–Kier alpha value is -2.39. The van der Waals surface area contributed by atoms with Crippen molar-refractivity contribution < 1.29 is 28.0 Å². The number of nitrogens with zero attached hydrogens (tertiary/aromatic N) is 3. The topological polar surface area (TPSA) is 96.6 Å². The summed E-state index contributed by atoms with van der Waals surface area (Å²) in [4.78, 5) is 26.2. The number of carboxylic acids is 1. The number of hydrogen-bond acceptors (Lipinski definition) is 5. The summed E-state index contributed by atoms with van der Waals surface area (Å²) in [6.45, 7) is 0.296. The van der Waals surface area contributed by atoms with E-state index in [-0.39, 0.29) is 11.4 Å². The Kier molecular flexibility index (Phi) is 3.94. The van der Waals surface area contributed by atoms with Gasteiger partial charge in [0, 0.05) is 24.8 Å². The van der Waals surface area contributed by atoms with Crippen LogP contribution in [0.1, 0.15) is 5.56 Å². The lowest BCUT2D eigenvalue weighted by atomic mass is 9.96. The highest BCUT2D eigenvalue weighted by molar-refractivity contribution is 5.73. The fraction of sp³-hybridized carbons (Fsp3) is 0.500. The van der Waals surface area contributed by atoms with E-state index in [1.807, 2.05) is 0 Å². The molecule has 1 N–H and O–H groups in total. The number of alkyl halides is 3. The fourth-order valence-corrected chi connectivity index (χ4v) is 2.55. The Morgan fingerprint density at radius 3 is 2.59 bits per heavy atom. The minimum absolute atomic E-state index is 0.233. The van der Waals surface area contributed by atoms with E-state index < -0.39 is 47.7 Å². The van der Waals surface area contributed by atoms with Gasteiger partial charge in [0.2, 0.25) is 5.82 Å². The fourth-order valence-electron chi connectivity index (χ4n) is 2.55. The van der Waals surface area contributed by atoms with E-state index in [9.17, 15) is 28.1 Å². The molecule has 0 spiro atoms. The quantitative estimate of drug-likeness (QED) is 0.676. The molecule has 120 valence electrons. The Morgan fingerprint density at radius 2 is 2.14 bits per heavy atom. The summed E-state index contributed by atoms with van der Waals surface area (Å²) in [5, 5.41) is 20.1. The standard InChI is InChI=1S/C12H12F3N3O4/c1-6-2-3-16-10(9(6)18(21)22)17-4-7(11(19)20)8(5-17)12(13,14)15/h2-3,7-8H,4-5H2,1H3,(H,19,20)/t7-,8-/m1/s1. The van der Waals surface area contributed by atoms with Crippen LogP contribution in [-0.2, 0) is 4.79 Å². The molecule has 0 unspecified atom stereocenters. The zero-order valence-corrected chi connectivity index (χ0v) is 11.4. The zero-order valence-electron chi connectivity index (χ0n) is 11.4. The minimum atomic E-state index is -4.70. The minimum Gasteiger partial charge on any atom is -0.481 e. The van der Waals surface area contributed by atoms with Crippen LogP contribution < -0.4 is 4.90 Å². The van der Waals surface area contributed by atoms with Crippen LogP contribution in [0.15, 0.2) is 12.3 Å². The Labute approximate surface area is 122 Å². The van der Waals surface area contributed by atoms with E-state index in [1.165, 1.54) is 19.2 Å². The number of pyridine rings is 1. The Balaban J connectivity index is 2.42. The van der Waals surface area contributed by atoms with E-state index in [0.717, 1.165) is 4.90 Å². The van der Waals surface area contributed by atoms with Crippen molar-refractivity contribution in [3.05, 3.63) is 27.9 Å². The van der Waals surface area contributed by atoms with E-state index >= 15 is 0 Å². The summed E-state index contributed by atoms with van der Waals surface area (Å²) in [6.07, 6.45) is -3.45. The summed E-state index contributed by atoms with van der Waals surface area (Å²) in [5.41, 5.74) is -0.160. The van der Waals surface area contributed by atoms with Crippen molar-refractivity contribution in [2.45, 2.75) is 13.1 Å². The lowest BCUT2D eigenvalue weighted by Gasteiger charge is -2.19. The van der Waals surface area contributed by atoms with Gasteiger partial charge in [0.05, 0.1) is 16.8 Å². The number of aromatic nitrogens is 1. The number of aliphatic carboxylic acids is 1. The lowest BCUT2D eigenvalue weighted by Crippen LogP contribution is -2.33. The molecule has 0 aromatic carbocycles. The molecule has 0 radical (unpaired) electrons. The van der Waals surface area contributed by atoms with Gasteiger partial charge in [-0.3, -0.25) is 14.9 Å². The van der Waals surface area contributed by atoms with E-state index in [4.69, 9.17) is 5.11 Å². The number of carbonyl (C=O) groups is 1. The summed E-state index contributed by atoms with van der Waals surface area (Å²) in [6, 6.07) is 1.37. The maximum absolute atomic E-state index is 13.0. The van der Waals surface area contributed by atoms with Crippen molar-refractivity contribution in [3.63, 3.8) is 0 Å². The largest absolute Gasteiger partial charge is 0.481 e. The van der Waals surface area contributed by atoms with Crippen molar-refractivity contribution in [2.75, 3.05) is 18.0 Å². The monoisotopic (exact) mass is 319 g/mol. The highest BCUT2D eigenvalue weighted by atomic mass is 19.4. The van der Waals surface area contributed by atoms with Crippen LogP contribution in [0.3, 0.4) is 0 Å². The van der Waals surface area contributed by atoms with Crippen molar-refractivity contribution in [1.29, 1.82) is 0 Å². The third kappa shape index (κ3) is 2.81. The maximum atomic E-state index is 13.0. The molecule has 1 saturated heterocycles. The molecular formula is C12H12F3N3O4. The van der Waals surface area contributed by atoms with Crippen LogP contribution in [0.25, 0.3) is 0 Å². The predicted molar refractivity (Wildman–Crippen MR) is 68.5 cm³/mol. The average Bonchev–Trinajstić information content (AvgIpc) is 2.82. The molecule has 10 heteroatoms. The summed E-state index contributed by atoms with van der Waals surface area (Å²) in [7, 11) is 0. The molecule has 7 nitrogen and oxygen atoms in total.